The Labute approximate surface area is 203 Å². The Balaban J connectivity index is 1.21. The average molecular weight is 482 g/mol. The Morgan fingerprint density at radius 1 is 1.06 bits per heavy atom. The van der Waals surface area contributed by atoms with Crippen LogP contribution in [0.3, 0.4) is 0 Å². The molecule has 3 heterocycles. The smallest absolute Gasteiger partial charge is 0.351 e. The van der Waals surface area contributed by atoms with Crippen LogP contribution < -0.4 is 4.90 Å². The van der Waals surface area contributed by atoms with Gasteiger partial charge in [0.1, 0.15) is 11.6 Å². The number of hydrogen-bond donors (Lipinski definition) is 1. The number of rotatable bonds is 4. The summed E-state index contributed by atoms with van der Waals surface area (Å²) in [6.45, 7) is 9.86. The van der Waals surface area contributed by atoms with Gasteiger partial charge in [0.2, 0.25) is 0 Å². The van der Waals surface area contributed by atoms with Gasteiger partial charge in [-0.25, -0.2) is 4.98 Å². The SMILES string of the molecule is C=C1N(C)c2ccccc2CN1C1CCN(Cc2nc(-c3ccc(C(F)(F)F)cc3)[nH]c2C)CC1. The first-order valence-electron chi connectivity index (χ1n) is 11.9. The number of aromatic amines is 1. The highest BCUT2D eigenvalue weighted by Crippen LogP contribution is 2.35. The second-order valence-electron chi connectivity index (χ2n) is 9.47. The number of hydrogen-bond acceptors (Lipinski definition) is 4. The van der Waals surface area contributed by atoms with E-state index in [-0.39, 0.29) is 0 Å². The first-order valence-corrected chi connectivity index (χ1v) is 11.9. The first kappa shape index (κ1) is 23.5. The van der Waals surface area contributed by atoms with Crippen LogP contribution in [-0.2, 0) is 19.3 Å². The molecule has 2 aliphatic rings. The lowest BCUT2D eigenvalue weighted by molar-refractivity contribution is -0.137. The van der Waals surface area contributed by atoms with Gasteiger partial charge in [-0.3, -0.25) is 4.90 Å². The van der Waals surface area contributed by atoms with Crippen molar-refractivity contribution in [2.75, 3.05) is 25.0 Å². The van der Waals surface area contributed by atoms with Gasteiger partial charge in [-0.1, -0.05) is 36.9 Å². The predicted molar refractivity (Wildman–Crippen MR) is 132 cm³/mol. The summed E-state index contributed by atoms with van der Waals surface area (Å²) in [5.41, 5.74) is 4.44. The van der Waals surface area contributed by atoms with E-state index >= 15 is 0 Å². The van der Waals surface area contributed by atoms with E-state index in [0.29, 0.717) is 17.4 Å². The standard InChI is InChI=1S/C27H30F3N5/c1-18-24(32-26(31-18)20-8-10-22(11-9-20)27(28,29)30)17-34-14-12-23(13-15-34)35-16-21-6-4-5-7-25(21)33(3)19(35)2/h4-11,23H,2,12-17H2,1,3H3,(H,31,32). The number of benzene rings is 2. The zero-order valence-corrected chi connectivity index (χ0v) is 20.1. The Morgan fingerprint density at radius 2 is 1.74 bits per heavy atom. The molecule has 0 saturated carbocycles. The number of aryl methyl sites for hydroxylation is 1. The monoisotopic (exact) mass is 481 g/mol. The Hall–Kier alpha value is -3.26. The van der Waals surface area contributed by atoms with Crippen LogP contribution in [0.1, 0.15) is 35.4 Å². The average Bonchev–Trinajstić information content (AvgIpc) is 3.21. The number of nitrogens with one attached hydrogen (secondary N) is 1. The molecule has 1 aromatic heterocycles. The Morgan fingerprint density at radius 3 is 2.43 bits per heavy atom. The number of piperidine rings is 1. The summed E-state index contributed by atoms with van der Waals surface area (Å²) in [4.78, 5) is 15.0. The number of likely N-dealkylation sites (tertiary alicyclic amines) is 1. The maximum absolute atomic E-state index is 12.9. The topological polar surface area (TPSA) is 38.4 Å². The van der Waals surface area contributed by atoms with E-state index in [4.69, 9.17) is 4.98 Å². The molecule has 5 nitrogen and oxygen atoms in total. The summed E-state index contributed by atoms with van der Waals surface area (Å²) in [5.74, 6) is 1.65. The van der Waals surface area contributed by atoms with Crippen LogP contribution in [0.25, 0.3) is 11.4 Å². The zero-order valence-electron chi connectivity index (χ0n) is 20.1. The van der Waals surface area contributed by atoms with Gasteiger partial charge in [-0.05, 0) is 43.5 Å². The maximum Gasteiger partial charge on any atom is 0.416 e. The van der Waals surface area contributed by atoms with Crippen molar-refractivity contribution in [2.45, 2.75) is 45.1 Å². The molecule has 2 aromatic carbocycles. The van der Waals surface area contributed by atoms with Gasteiger partial charge < -0.3 is 14.8 Å². The van der Waals surface area contributed by atoms with Gasteiger partial charge in [0.05, 0.1) is 11.3 Å². The second-order valence-corrected chi connectivity index (χ2v) is 9.47. The highest BCUT2D eigenvalue weighted by Gasteiger charge is 2.32. The molecule has 0 unspecified atom stereocenters. The highest BCUT2D eigenvalue weighted by molar-refractivity contribution is 5.59. The lowest BCUT2D eigenvalue weighted by Gasteiger charge is -2.46. The molecule has 2 aliphatic heterocycles. The van der Waals surface area contributed by atoms with Crippen molar-refractivity contribution in [3.63, 3.8) is 0 Å². The van der Waals surface area contributed by atoms with Gasteiger partial charge in [-0.15, -0.1) is 0 Å². The van der Waals surface area contributed by atoms with Gasteiger partial charge in [0.15, 0.2) is 0 Å². The number of imidazole rings is 1. The minimum atomic E-state index is -4.34. The van der Waals surface area contributed by atoms with Crippen LogP contribution >= 0.6 is 0 Å². The third kappa shape index (κ3) is 4.67. The number of nitrogens with zero attached hydrogens (tertiary/aromatic N) is 4. The molecule has 0 amide bonds. The van der Waals surface area contributed by atoms with Crippen LogP contribution in [0.2, 0.25) is 0 Å². The zero-order chi connectivity index (χ0) is 24.7. The van der Waals surface area contributed by atoms with Gasteiger partial charge in [-0.2, -0.15) is 13.2 Å². The molecule has 0 radical (unpaired) electrons. The van der Waals surface area contributed by atoms with E-state index in [1.165, 1.54) is 23.4 Å². The quantitative estimate of drug-likeness (QED) is 0.512. The third-order valence-electron chi connectivity index (χ3n) is 7.25. The van der Waals surface area contributed by atoms with Crippen LogP contribution in [0.5, 0.6) is 0 Å². The van der Waals surface area contributed by atoms with Crippen molar-refractivity contribution in [2.24, 2.45) is 0 Å². The lowest BCUT2D eigenvalue weighted by Crippen LogP contribution is -2.48. The molecule has 3 aromatic rings. The van der Waals surface area contributed by atoms with Gasteiger partial charge >= 0.3 is 6.18 Å². The van der Waals surface area contributed by atoms with Crippen LogP contribution in [0, 0.1) is 6.92 Å². The van der Waals surface area contributed by atoms with E-state index in [0.717, 1.165) is 68.4 Å². The molecular weight excluding hydrogens is 451 g/mol. The first-order chi connectivity index (χ1) is 16.7. The number of para-hydroxylation sites is 1. The molecular formula is C27H30F3N5. The van der Waals surface area contributed by atoms with E-state index in [1.807, 2.05) is 6.92 Å². The molecule has 0 atom stereocenters. The third-order valence-corrected chi connectivity index (χ3v) is 7.25. The van der Waals surface area contributed by atoms with Crippen LogP contribution in [-0.4, -0.2) is 45.9 Å². The van der Waals surface area contributed by atoms with Crippen molar-refractivity contribution in [1.29, 1.82) is 0 Å². The van der Waals surface area contributed by atoms with Crippen molar-refractivity contribution < 1.29 is 13.2 Å². The van der Waals surface area contributed by atoms with Crippen molar-refractivity contribution in [3.05, 3.63) is 83.4 Å². The van der Waals surface area contributed by atoms with E-state index < -0.39 is 11.7 Å². The fourth-order valence-corrected chi connectivity index (χ4v) is 5.12. The highest BCUT2D eigenvalue weighted by atomic mass is 19.4. The second kappa shape index (κ2) is 9.07. The van der Waals surface area contributed by atoms with Crippen LogP contribution in [0.4, 0.5) is 18.9 Å². The minimum absolute atomic E-state index is 0.442. The number of fused-ring (bicyclic) bond motifs is 1. The molecule has 0 bridgehead atoms. The normalized spacial score (nSPS) is 17.7. The fourth-order valence-electron chi connectivity index (χ4n) is 5.12. The van der Waals surface area contributed by atoms with E-state index in [1.54, 1.807) is 0 Å². The molecule has 184 valence electrons. The van der Waals surface area contributed by atoms with E-state index in [9.17, 15) is 13.2 Å². The van der Waals surface area contributed by atoms with Gasteiger partial charge in [0, 0.05) is 56.2 Å². The molecule has 1 fully saturated rings. The van der Waals surface area contributed by atoms with Crippen LogP contribution in [0.15, 0.2) is 60.9 Å². The number of halogens is 3. The Bertz CT molecular complexity index is 1210. The number of H-pyrrole nitrogens is 1. The van der Waals surface area contributed by atoms with Crippen molar-refractivity contribution in [3.8, 4) is 11.4 Å². The molecule has 1 N–H and O–H groups in total. The summed E-state index contributed by atoms with van der Waals surface area (Å²) < 4.78 is 38.6. The number of aromatic nitrogens is 2. The molecule has 0 aliphatic carbocycles. The van der Waals surface area contributed by atoms with E-state index in [2.05, 4.69) is 57.6 Å². The van der Waals surface area contributed by atoms with Crippen molar-refractivity contribution >= 4 is 5.69 Å². The van der Waals surface area contributed by atoms with Crippen molar-refractivity contribution in [1.82, 2.24) is 19.8 Å². The molecule has 35 heavy (non-hydrogen) atoms. The molecule has 0 spiro atoms. The molecule has 1 saturated heterocycles. The molecule has 5 rings (SSSR count). The summed E-state index contributed by atoms with van der Waals surface area (Å²) in [6.07, 6.45) is -2.25. The summed E-state index contributed by atoms with van der Waals surface area (Å²) >= 11 is 0. The largest absolute Gasteiger partial charge is 0.416 e. The minimum Gasteiger partial charge on any atom is -0.351 e. The number of alkyl halides is 3. The number of anilines is 1. The maximum atomic E-state index is 12.9. The predicted octanol–water partition coefficient (Wildman–Crippen LogP) is 5.79. The molecule has 8 heteroatoms. The summed E-state index contributed by atoms with van der Waals surface area (Å²) in [7, 11) is 2.08. The Kier molecular flexibility index (Phi) is 6.09. The fraction of sp³-hybridized carbons (Fsp3) is 0.370. The summed E-state index contributed by atoms with van der Waals surface area (Å²) in [6, 6.07) is 14.1. The lowest BCUT2D eigenvalue weighted by atomic mass is 9.99. The summed E-state index contributed by atoms with van der Waals surface area (Å²) in [5, 5.41) is 0. The van der Waals surface area contributed by atoms with Gasteiger partial charge in [0.25, 0.3) is 0 Å².